The Hall–Kier alpha value is -2.39. The van der Waals surface area contributed by atoms with Gasteiger partial charge in [0.25, 0.3) is 5.82 Å². The summed E-state index contributed by atoms with van der Waals surface area (Å²) >= 11 is 0. The fourth-order valence-electron chi connectivity index (χ4n) is 4.44. The topological polar surface area (TPSA) is 75.4 Å². The molecule has 1 aliphatic carbocycles. The maximum atomic E-state index is 13.1. The van der Waals surface area contributed by atoms with Gasteiger partial charge in [-0.3, -0.25) is 4.79 Å². The van der Waals surface area contributed by atoms with Crippen LogP contribution in [-0.2, 0) is 11.0 Å². The molecule has 30 heavy (non-hydrogen) atoms. The molecule has 0 unspecified atom stereocenters. The number of nitrogens with one attached hydrogen (secondary N) is 1. The van der Waals surface area contributed by atoms with E-state index in [-0.39, 0.29) is 23.5 Å². The van der Waals surface area contributed by atoms with E-state index in [1.165, 1.54) is 25.3 Å². The summed E-state index contributed by atoms with van der Waals surface area (Å²) in [5.41, 5.74) is 0.0432. The second kappa shape index (κ2) is 8.77. The van der Waals surface area contributed by atoms with Crippen molar-refractivity contribution in [2.75, 3.05) is 18.0 Å². The number of anilines is 1. The molecule has 2 aromatic heterocycles. The van der Waals surface area contributed by atoms with Crippen LogP contribution in [0.3, 0.4) is 0 Å². The molecule has 1 aliphatic heterocycles. The second-order valence-corrected chi connectivity index (χ2v) is 8.32. The van der Waals surface area contributed by atoms with Gasteiger partial charge in [-0.25, -0.2) is 0 Å². The average Bonchev–Trinajstić information content (AvgIpc) is 3.13. The lowest BCUT2D eigenvalue weighted by molar-refractivity contribution is -0.146. The number of carbonyl (C=O) groups is 1. The van der Waals surface area contributed by atoms with Crippen LogP contribution in [0.1, 0.15) is 63.6 Å². The Balaban J connectivity index is 1.45. The van der Waals surface area contributed by atoms with E-state index in [9.17, 15) is 18.0 Å². The minimum absolute atomic E-state index is 0.0432. The third kappa shape index (κ3) is 4.67. The van der Waals surface area contributed by atoms with Gasteiger partial charge < -0.3 is 10.2 Å². The van der Waals surface area contributed by atoms with Gasteiger partial charge in [0, 0.05) is 19.1 Å². The van der Waals surface area contributed by atoms with E-state index in [1.807, 2.05) is 4.90 Å². The molecule has 1 N–H and O–H groups in total. The van der Waals surface area contributed by atoms with Gasteiger partial charge in [0.2, 0.25) is 5.91 Å². The van der Waals surface area contributed by atoms with E-state index in [4.69, 9.17) is 0 Å². The molecular weight excluding hydrogens is 397 g/mol. The number of halogens is 3. The molecule has 1 saturated heterocycles. The number of aromatic nitrogens is 4. The Kier molecular flexibility index (Phi) is 6.10. The Labute approximate surface area is 173 Å². The fraction of sp³-hybridized carbons (Fsp3) is 0.700. The minimum atomic E-state index is -4.63. The molecule has 1 atom stereocenters. The van der Waals surface area contributed by atoms with E-state index in [0.717, 1.165) is 43.0 Å². The molecule has 0 radical (unpaired) electrons. The van der Waals surface area contributed by atoms with E-state index in [2.05, 4.69) is 20.6 Å². The van der Waals surface area contributed by atoms with Crippen molar-refractivity contribution in [1.82, 2.24) is 25.1 Å². The Bertz CT molecular complexity index is 875. The molecule has 0 bridgehead atoms. The second-order valence-electron chi connectivity index (χ2n) is 8.32. The number of hydrogen-bond donors (Lipinski definition) is 1. The van der Waals surface area contributed by atoms with Crippen LogP contribution in [0, 0.1) is 5.92 Å². The van der Waals surface area contributed by atoms with Crippen LogP contribution in [-0.4, -0.2) is 44.8 Å². The van der Waals surface area contributed by atoms with Crippen molar-refractivity contribution in [2.45, 2.75) is 70.0 Å². The third-order valence-corrected chi connectivity index (χ3v) is 6.07. The van der Waals surface area contributed by atoms with Crippen LogP contribution in [0.15, 0.2) is 12.1 Å². The number of fused-ring (bicyclic) bond motifs is 1. The highest BCUT2D eigenvalue weighted by molar-refractivity contribution is 5.79. The number of alkyl halides is 3. The Morgan fingerprint density at radius 1 is 1.00 bits per heavy atom. The Morgan fingerprint density at radius 3 is 2.47 bits per heavy atom. The average molecular weight is 424 g/mol. The number of piperidine rings is 1. The molecule has 10 heteroatoms. The van der Waals surface area contributed by atoms with Gasteiger partial charge in [0.05, 0.1) is 5.92 Å². The monoisotopic (exact) mass is 424 g/mol. The van der Waals surface area contributed by atoms with E-state index in [1.54, 1.807) is 6.07 Å². The summed E-state index contributed by atoms with van der Waals surface area (Å²) in [6, 6.07) is 3.34. The van der Waals surface area contributed by atoms with Crippen molar-refractivity contribution in [3.63, 3.8) is 0 Å². The van der Waals surface area contributed by atoms with Crippen molar-refractivity contribution < 1.29 is 18.0 Å². The lowest BCUT2D eigenvalue weighted by atomic mass is 9.94. The molecule has 3 heterocycles. The van der Waals surface area contributed by atoms with Gasteiger partial charge in [0.1, 0.15) is 5.82 Å². The van der Waals surface area contributed by atoms with Crippen LogP contribution in [0.4, 0.5) is 19.0 Å². The van der Waals surface area contributed by atoms with Crippen molar-refractivity contribution >= 4 is 17.4 Å². The highest BCUT2D eigenvalue weighted by Gasteiger charge is 2.38. The Morgan fingerprint density at radius 2 is 1.73 bits per heavy atom. The van der Waals surface area contributed by atoms with Gasteiger partial charge in [-0.2, -0.15) is 17.7 Å². The minimum Gasteiger partial charge on any atom is -0.354 e. The first-order valence-corrected chi connectivity index (χ1v) is 10.8. The molecule has 4 rings (SSSR count). The molecule has 2 aromatic rings. The fourth-order valence-corrected chi connectivity index (χ4v) is 4.44. The molecule has 1 saturated carbocycles. The first-order chi connectivity index (χ1) is 14.4. The van der Waals surface area contributed by atoms with Crippen LogP contribution < -0.4 is 10.2 Å². The maximum Gasteiger partial charge on any atom is 0.453 e. The number of rotatable bonds is 3. The molecule has 7 nitrogen and oxygen atoms in total. The summed E-state index contributed by atoms with van der Waals surface area (Å²) in [7, 11) is 0. The van der Waals surface area contributed by atoms with Gasteiger partial charge in [0.15, 0.2) is 5.65 Å². The quantitative estimate of drug-likeness (QED) is 0.815. The predicted octanol–water partition coefficient (Wildman–Crippen LogP) is 3.59. The van der Waals surface area contributed by atoms with Crippen LogP contribution in [0.2, 0.25) is 0 Å². The maximum absolute atomic E-state index is 13.1. The number of hydrogen-bond acceptors (Lipinski definition) is 5. The summed E-state index contributed by atoms with van der Waals surface area (Å²) in [6.07, 6.45) is 4.99. The van der Waals surface area contributed by atoms with E-state index >= 15 is 0 Å². The zero-order valence-corrected chi connectivity index (χ0v) is 16.9. The molecule has 0 aromatic carbocycles. The molecule has 0 spiro atoms. The van der Waals surface area contributed by atoms with Gasteiger partial charge in [-0.15, -0.1) is 15.3 Å². The zero-order chi connectivity index (χ0) is 21.1. The van der Waals surface area contributed by atoms with Crippen molar-refractivity contribution in [3.8, 4) is 0 Å². The summed E-state index contributed by atoms with van der Waals surface area (Å²) in [6.45, 7) is 1.09. The van der Waals surface area contributed by atoms with Gasteiger partial charge in [-0.05, 0) is 37.8 Å². The van der Waals surface area contributed by atoms with Crippen LogP contribution >= 0.6 is 0 Å². The molecule has 1 amide bonds. The lowest BCUT2D eigenvalue weighted by Gasteiger charge is -2.33. The molecule has 2 aliphatic rings. The zero-order valence-electron chi connectivity index (χ0n) is 16.9. The highest BCUT2D eigenvalue weighted by Crippen LogP contribution is 2.29. The van der Waals surface area contributed by atoms with Crippen molar-refractivity contribution in [2.24, 2.45) is 5.92 Å². The van der Waals surface area contributed by atoms with Crippen LogP contribution in [0.25, 0.3) is 5.65 Å². The predicted molar refractivity (Wildman–Crippen MR) is 105 cm³/mol. The standard InChI is InChI=1S/C20H27F3N6O/c21-20(22,23)19-26-25-16-10-11-17(27-29(16)19)28-12-6-7-14(13-28)18(30)24-15-8-4-2-1-3-5-9-15/h10-11,14-15H,1-9,12-13H2,(H,24,30)/t14-/m1/s1. The first kappa shape index (κ1) is 20.9. The van der Waals surface area contributed by atoms with Crippen molar-refractivity contribution in [1.29, 1.82) is 0 Å². The third-order valence-electron chi connectivity index (χ3n) is 6.07. The summed E-state index contributed by atoms with van der Waals surface area (Å²) in [5, 5.41) is 14.1. The van der Waals surface area contributed by atoms with E-state index in [0.29, 0.717) is 18.9 Å². The number of nitrogens with zero attached hydrogens (tertiary/aromatic N) is 5. The van der Waals surface area contributed by atoms with Gasteiger partial charge >= 0.3 is 6.18 Å². The number of carbonyl (C=O) groups excluding carboxylic acids is 1. The normalized spacial score (nSPS) is 22.0. The smallest absolute Gasteiger partial charge is 0.354 e. The number of amides is 1. The van der Waals surface area contributed by atoms with E-state index < -0.39 is 12.0 Å². The molecular formula is C20H27F3N6O. The van der Waals surface area contributed by atoms with Crippen LogP contribution in [0.5, 0.6) is 0 Å². The summed E-state index contributed by atoms with van der Waals surface area (Å²) in [5.74, 6) is -0.887. The van der Waals surface area contributed by atoms with Crippen molar-refractivity contribution in [3.05, 3.63) is 18.0 Å². The largest absolute Gasteiger partial charge is 0.453 e. The molecule has 164 valence electrons. The lowest BCUT2D eigenvalue weighted by Crippen LogP contribution is -2.46. The SMILES string of the molecule is O=C(NC1CCCCCCC1)[C@@H]1CCCN(c2ccc3nnc(C(F)(F)F)n3n2)C1. The van der Waals surface area contributed by atoms with Gasteiger partial charge in [-0.1, -0.05) is 32.1 Å². The highest BCUT2D eigenvalue weighted by atomic mass is 19.4. The molecule has 2 fully saturated rings. The summed E-state index contributed by atoms with van der Waals surface area (Å²) < 4.78 is 40.1. The first-order valence-electron chi connectivity index (χ1n) is 10.8. The summed E-state index contributed by atoms with van der Waals surface area (Å²) in [4.78, 5) is 14.7.